The van der Waals surface area contributed by atoms with Crippen molar-refractivity contribution in [3.05, 3.63) is 28.2 Å². The van der Waals surface area contributed by atoms with Crippen molar-refractivity contribution in [1.29, 1.82) is 0 Å². The lowest BCUT2D eigenvalue weighted by atomic mass is 9.72. The molecule has 0 spiro atoms. The van der Waals surface area contributed by atoms with E-state index in [1.165, 1.54) is 5.56 Å². The van der Waals surface area contributed by atoms with Gasteiger partial charge in [-0.2, -0.15) is 0 Å². The Morgan fingerprint density at radius 3 is 2.25 bits per heavy atom. The Hall–Kier alpha value is -0.540. The summed E-state index contributed by atoms with van der Waals surface area (Å²) in [4.78, 5) is 0. The minimum atomic E-state index is 0.0275. The Kier molecular flexibility index (Phi) is 5.68. The van der Waals surface area contributed by atoms with E-state index in [-0.39, 0.29) is 11.5 Å². The largest absolute Gasteiger partial charge is 0.488 e. The SMILES string of the molecule is CC(CN)Oc1ccc(C(C)(C)CC(C)(C)C)cc1Br. The van der Waals surface area contributed by atoms with Crippen LogP contribution >= 0.6 is 15.9 Å². The van der Waals surface area contributed by atoms with Crippen LogP contribution in [-0.2, 0) is 5.41 Å². The van der Waals surface area contributed by atoms with Crippen molar-refractivity contribution >= 4 is 15.9 Å². The van der Waals surface area contributed by atoms with Crippen molar-refractivity contribution in [2.75, 3.05) is 6.54 Å². The van der Waals surface area contributed by atoms with Crippen molar-refractivity contribution in [3.8, 4) is 5.75 Å². The molecule has 1 aromatic carbocycles. The Labute approximate surface area is 132 Å². The Morgan fingerprint density at radius 2 is 1.80 bits per heavy atom. The summed E-state index contributed by atoms with van der Waals surface area (Å²) in [5, 5.41) is 0. The van der Waals surface area contributed by atoms with Gasteiger partial charge in [0, 0.05) is 6.54 Å². The Morgan fingerprint density at radius 1 is 1.20 bits per heavy atom. The lowest BCUT2D eigenvalue weighted by molar-refractivity contribution is 0.228. The summed E-state index contributed by atoms with van der Waals surface area (Å²) in [5.74, 6) is 0.859. The number of rotatable bonds is 5. The molecule has 0 saturated carbocycles. The summed E-state index contributed by atoms with van der Waals surface area (Å²) in [6.45, 7) is 13.9. The molecule has 3 heteroatoms. The number of nitrogens with two attached hydrogens (primary N) is 1. The maximum atomic E-state index is 5.79. The highest BCUT2D eigenvalue weighted by molar-refractivity contribution is 9.10. The first-order valence-corrected chi connectivity index (χ1v) is 8.01. The molecule has 1 rings (SSSR count). The van der Waals surface area contributed by atoms with E-state index in [9.17, 15) is 0 Å². The van der Waals surface area contributed by atoms with E-state index < -0.39 is 0 Å². The quantitative estimate of drug-likeness (QED) is 0.827. The fourth-order valence-electron chi connectivity index (χ4n) is 2.71. The molecular weight excluding hydrogens is 314 g/mol. The van der Waals surface area contributed by atoms with Crippen LogP contribution < -0.4 is 10.5 Å². The molecule has 1 unspecified atom stereocenters. The van der Waals surface area contributed by atoms with Gasteiger partial charge in [0.05, 0.1) is 4.47 Å². The van der Waals surface area contributed by atoms with Gasteiger partial charge in [0.25, 0.3) is 0 Å². The number of benzene rings is 1. The first-order valence-electron chi connectivity index (χ1n) is 7.22. The van der Waals surface area contributed by atoms with Crippen LogP contribution in [0.1, 0.15) is 53.5 Å². The maximum Gasteiger partial charge on any atom is 0.133 e. The zero-order chi connectivity index (χ0) is 15.6. The summed E-state index contributed by atoms with van der Waals surface area (Å²) < 4.78 is 6.79. The fraction of sp³-hybridized carbons (Fsp3) is 0.647. The zero-order valence-electron chi connectivity index (χ0n) is 13.6. The van der Waals surface area contributed by atoms with Gasteiger partial charge < -0.3 is 10.5 Å². The van der Waals surface area contributed by atoms with Gasteiger partial charge in [-0.1, -0.05) is 40.7 Å². The summed E-state index contributed by atoms with van der Waals surface area (Å²) in [6, 6.07) is 6.37. The minimum absolute atomic E-state index is 0.0275. The second kappa shape index (κ2) is 6.48. The third-order valence-corrected chi connectivity index (χ3v) is 3.97. The Balaban J connectivity index is 2.96. The molecule has 0 radical (unpaired) electrons. The average Bonchev–Trinajstić information content (AvgIpc) is 2.28. The van der Waals surface area contributed by atoms with Crippen LogP contribution in [0.3, 0.4) is 0 Å². The van der Waals surface area contributed by atoms with Crippen molar-refractivity contribution < 1.29 is 4.74 Å². The van der Waals surface area contributed by atoms with E-state index in [0.29, 0.717) is 12.0 Å². The molecule has 0 bridgehead atoms. The standard InChI is InChI=1S/C17H28BrNO/c1-12(10-19)20-15-8-7-13(9-14(15)18)17(5,6)11-16(2,3)4/h7-9,12H,10-11,19H2,1-6H3. The number of ether oxygens (including phenoxy) is 1. The molecule has 0 aliphatic heterocycles. The van der Waals surface area contributed by atoms with Crippen molar-refractivity contribution in [1.82, 2.24) is 0 Å². The summed E-state index contributed by atoms with van der Waals surface area (Å²) in [5.41, 5.74) is 7.37. The molecule has 1 aromatic rings. The summed E-state index contributed by atoms with van der Waals surface area (Å²) in [7, 11) is 0. The monoisotopic (exact) mass is 341 g/mol. The average molecular weight is 342 g/mol. The maximum absolute atomic E-state index is 5.79. The van der Waals surface area contributed by atoms with E-state index in [4.69, 9.17) is 10.5 Å². The predicted octanol–water partition coefficient (Wildman–Crippen LogP) is 4.89. The fourth-order valence-corrected chi connectivity index (χ4v) is 3.18. The van der Waals surface area contributed by atoms with Crippen LogP contribution in [0.5, 0.6) is 5.75 Å². The summed E-state index contributed by atoms with van der Waals surface area (Å²) in [6.07, 6.45) is 1.16. The highest BCUT2D eigenvalue weighted by Gasteiger charge is 2.27. The van der Waals surface area contributed by atoms with Crippen LogP contribution in [0.15, 0.2) is 22.7 Å². The van der Waals surface area contributed by atoms with Gasteiger partial charge in [0.1, 0.15) is 11.9 Å². The van der Waals surface area contributed by atoms with Crippen LogP contribution in [-0.4, -0.2) is 12.6 Å². The van der Waals surface area contributed by atoms with Gasteiger partial charge >= 0.3 is 0 Å². The van der Waals surface area contributed by atoms with Crippen molar-refractivity contribution in [2.45, 2.75) is 59.5 Å². The molecule has 114 valence electrons. The van der Waals surface area contributed by atoms with Gasteiger partial charge in [0.15, 0.2) is 0 Å². The lowest BCUT2D eigenvalue weighted by Crippen LogP contribution is -2.25. The zero-order valence-corrected chi connectivity index (χ0v) is 15.2. The predicted molar refractivity (Wildman–Crippen MR) is 90.4 cm³/mol. The molecular formula is C17H28BrNO. The van der Waals surface area contributed by atoms with E-state index in [0.717, 1.165) is 16.6 Å². The molecule has 1 atom stereocenters. The van der Waals surface area contributed by atoms with Crippen LogP contribution in [0.4, 0.5) is 0 Å². The van der Waals surface area contributed by atoms with Gasteiger partial charge in [-0.3, -0.25) is 0 Å². The molecule has 0 heterocycles. The molecule has 20 heavy (non-hydrogen) atoms. The minimum Gasteiger partial charge on any atom is -0.488 e. The van der Waals surface area contributed by atoms with Crippen molar-refractivity contribution in [3.63, 3.8) is 0 Å². The molecule has 0 amide bonds. The van der Waals surface area contributed by atoms with Gasteiger partial charge in [-0.05, 0) is 57.8 Å². The normalized spacial score (nSPS) is 14.2. The van der Waals surface area contributed by atoms with Crippen molar-refractivity contribution in [2.24, 2.45) is 11.1 Å². The smallest absolute Gasteiger partial charge is 0.133 e. The molecule has 0 fully saturated rings. The number of halogens is 1. The van der Waals surface area contributed by atoms with Crippen LogP contribution in [0, 0.1) is 5.41 Å². The highest BCUT2D eigenvalue weighted by atomic mass is 79.9. The molecule has 0 aliphatic rings. The van der Waals surface area contributed by atoms with Gasteiger partial charge in [-0.25, -0.2) is 0 Å². The molecule has 0 saturated heterocycles. The first-order chi connectivity index (χ1) is 9.05. The second-order valence-corrected chi connectivity index (χ2v) is 8.29. The van der Waals surface area contributed by atoms with Gasteiger partial charge in [0.2, 0.25) is 0 Å². The third-order valence-electron chi connectivity index (χ3n) is 3.35. The van der Waals surface area contributed by atoms with E-state index >= 15 is 0 Å². The third kappa shape index (κ3) is 5.10. The van der Waals surface area contributed by atoms with Gasteiger partial charge in [-0.15, -0.1) is 0 Å². The topological polar surface area (TPSA) is 35.2 Å². The number of hydrogen-bond donors (Lipinski definition) is 1. The second-order valence-electron chi connectivity index (χ2n) is 7.43. The van der Waals surface area contributed by atoms with E-state index in [2.05, 4.69) is 62.7 Å². The molecule has 0 aromatic heterocycles. The molecule has 0 aliphatic carbocycles. The Bertz CT molecular complexity index is 449. The highest BCUT2D eigenvalue weighted by Crippen LogP contribution is 2.38. The van der Waals surface area contributed by atoms with Crippen LogP contribution in [0.25, 0.3) is 0 Å². The molecule has 2 N–H and O–H groups in total. The number of hydrogen-bond acceptors (Lipinski definition) is 2. The van der Waals surface area contributed by atoms with E-state index in [1.807, 2.05) is 13.0 Å². The molecule has 2 nitrogen and oxygen atoms in total. The summed E-state index contributed by atoms with van der Waals surface area (Å²) >= 11 is 3.61. The first kappa shape index (κ1) is 17.5. The van der Waals surface area contributed by atoms with Crippen LogP contribution in [0.2, 0.25) is 0 Å². The lowest BCUT2D eigenvalue weighted by Gasteiger charge is -2.33. The van der Waals surface area contributed by atoms with E-state index in [1.54, 1.807) is 0 Å².